The Balaban J connectivity index is 2.55. The summed E-state index contributed by atoms with van der Waals surface area (Å²) in [6.07, 6.45) is 2.60. The Morgan fingerprint density at radius 3 is 2.61 bits per heavy atom. The highest BCUT2D eigenvalue weighted by atomic mass is 79.9. The van der Waals surface area contributed by atoms with Crippen molar-refractivity contribution in [3.8, 4) is 11.5 Å². The first kappa shape index (κ1) is 13.4. The molecule has 0 spiro atoms. The second kappa shape index (κ2) is 5.75. The van der Waals surface area contributed by atoms with E-state index in [-0.39, 0.29) is 0 Å². The molecule has 0 saturated carbocycles. The lowest BCUT2D eigenvalue weighted by atomic mass is 10.3. The molecule has 0 aliphatic rings. The maximum Gasteiger partial charge on any atom is 0.181 e. The molecule has 0 aromatic carbocycles. The van der Waals surface area contributed by atoms with E-state index in [1.807, 2.05) is 19.2 Å². The van der Waals surface area contributed by atoms with Gasteiger partial charge in [-0.3, -0.25) is 4.98 Å². The predicted molar refractivity (Wildman–Crippen MR) is 79.6 cm³/mol. The van der Waals surface area contributed by atoms with Crippen molar-refractivity contribution in [1.82, 2.24) is 15.0 Å². The van der Waals surface area contributed by atoms with Crippen molar-refractivity contribution in [3.63, 3.8) is 0 Å². The Hall–Kier alpha value is -1.01. The van der Waals surface area contributed by atoms with Gasteiger partial charge in [0.2, 0.25) is 0 Å². The van der Waals surface area contributed by atoms with Crippen LogP contribution in [-0.2, 0) is 6.42 Å². The predicted octanol–water partition coefficient (Wildman–Crippen LogP) is 3.67. The molecule has 2 heterocycles. The van der Waals surface area contributed by atoms with Gasteiger partial charge in [-0.25, -0.2) is 9.97 Å². The van der Waals surface area contributed by atoms with Crippen molar-refractivity contribution in [1.29, 1.82) is 0 Å². The molecule has 6 heteroatoms. The summed E-state index contributed by atoms with van der Waals surface area (Å²) >= 11 is 6.86. The number of rotatable bonds is 3. The second-order valence-electron chi connectivity index (χ2n) is 3.66. The van der Waals surface area contributed by atoms with Crippen LogP contribution in [-0.4, -0.2) is 22.0 Å². The molecule has 2 rings (SSSR count). The maximum atomic E-state index is 4.50. The summed E-state index contributed by atoms with van der Waals surface area (Å²) in [7, 11) is 1.84. The fourth-order valence-electron chi connectivity index (χ4n) is 1.49. The molecular formula is C12H12Br2N4. The Morgan fingerprint density at radius 2 is 2.00 bits per heavy atom. The molecule has 0 saturated heterocycles. The third kappa shape index (κ3) is 2.87. The van der Waals surface area contributed by atoms with E-state index in [1.165, 1.54) is 0 Å². The zero-order valence-corrected chi connectivity index (χ0v) is 13.2. The number of anilines is 1. The molecule has 0 fully saturated rings. The number of nitrogens with zero attached hydrogens (tertiary/aromatic N) is 3. The smallest absolute Gasteiger partial charge is 0.181 e. The first-order chi connectivity index (χ1) is 8.63. The third-order valence-corrected chi connectivity index (χ3v) is 3.46. The molecular weight excluding hydrogens is 360 g/mol. The molecule has 0 atom stereocenters. The molecule has 94 valence electrons. The summed E-state index contributed by atoms with van der Waals surface area (Å²) in [4.78, 5) is 13.3. The molecule has 0 radical (unpaired) electrons. The number of halogens is 2. The van der Waals surface area contributed by atoms with Crippen molar-refractivity contribution >= 4 is 37.7 Å². The van der Waals surface area contributed by atoms with E-state index in [9.17, 15) is 0 Å². The maximum absolute atomic E-state index is 4.50. The van der Waals surface area contributed by atoms with E-state index >= 15 is 0 Å². The van der Waals surface area contributed by atoms with Crippen LogP contribution in [0.25, 0.3) is 11.5 Å². The standard InChI is InChI=1S/C12H12Br2N4/c1-3-8-5-10(15-2)18-12(17-8)11-9(14)4-7(13)6-16-11/h4-6H,3H2,1-2H3,(H,15,17,18). The van der Waals surface area contributed by atoms with Gasteiger partial charge in [-0.2, -0.15) is 0 Å². The number of hydrogen-bond acceptors (Lipinski definition) is 4. The van der Waals surface area contributed by atoms with Crippen LogP contribution >= 0.6 is 31.9 Å². The number of hydrogen-bond donors (Lipinski definition) is 1. The zero-order valence-electron chi connectivity index (χ0n) is 10.0. The van der Waals surface area contributed by atoms with Crippen LogP contribution in [0.5, 0.6) is 0 Å². The molecule has 2 aromatic heterocycles. The average Bonchev–Trinajstić information content (AvgIpc) is 2.38. The molecule has 18 heavy (non-hydrogen) atoms. The molecule has 0 aliphatic heterocycles. The van der Waals surface area contributed by atoms with Crippen LogP contribution in [0.4, 0.5) is 5.82 Å². The van der Waals surface area contributed by atoms with Crippen LogP contribution in [0.2, 0.25) is 0 Å². The zero-order chi connectivity index (χ0) is 13.1. The number of nitrogens with one attached hydrogen (secondary N) is 1. The minimum Gasteiger partial charge on any atom is -0.373 e. The highest BCUT2D eigenvalue weighted by Crippen LogP contribution is 2.27. The Morgan fingerprint density at radius 1 is 1.22 bits per heavy atom. The highest BCUT2D eigenvalue weighted by Gasteiger charge is 2.11. The second-order valence-corrected chi connectivity index (χ2v) is 5.43. The minimum atomic E-state index is 0.623. The number of aromatic nitrogens is 3. The largest absolute Gasteiger partial charge is 0.373 e. The van der Waals surface area contributed by atoms with Crippen molar-refractivity contribution in [2.45, 2.75) is 13.3 Å². The molecule has 0 aliphatic carbocycles. The van der Waals surface area contributed by atoms with Gasteiger partial charge in [-0.05, 0) is 44.3 Å². The van der Waals surface area contributed by atoms with E-state index in [0.29, 0.717) is 5.82 Å². The lowest BCUT2D eigenvalue weighted by Crippen LogP contribution is -2.01. The van der Waals surface area contributed by atoms with Crippen LogP contribution in [0.1, 0.15) is 12.6 Å². The van der Waals surface area contributed by atoms with Gasteiger partial charge in [0, 0.05) is 34.0 Å². The Kier molecular flexibility index (Phi) is 4.29. The summed E-state index contributed by atoms with van der Waals surface area (Å²) in [6.45, 7) is 2.07. The fourth-order valence-corrected chi connectivity index (χ4v) is 2.66. The molecule has 0 amide bonds. The molecule has 1 N–H and O–H groups in total. The summed E-state index contributed by atoms with van der Waals surface area (Å²) in [5.74, 6) is 1.42. The van der Waals surface area contributed by atoms with Gasteiger partial charge in [0.05, 0.1) is 0 Å². The van der Waals surface area contributed by atoms with Crippen LogP contribution < -0.4 is 5.32 Å². The van der Waals surface area contributed by atoms with E-state index in [4.69, 9.17) is 0 Å². The normalized spacial score (nSPS) is 10.4. The lowest BCUT2D eigenvalue weighted by Gasteiger charge is -2.07. The summed E-state index contributed by atoms with van der Waals surface area (Å²) in [5.41, 5.74) is 1.73. The summed E-state index contributed by atoms with van der Waals surface area (Å²) in [5, 5.41) is 3.04. The van der Waals surface area contributed by atoms with E-state index < -0.39 is 0 Å². The van der Waals surface area contributed by atoms with E-state index in [1.54, 1.807) is 6.20 Å². The van der Waals surface area contributed by atoms with Crippen LogP contribution in [0.3, 0.4) is 0 Å². The van der Waals surface area contributed by atoms with Crippen molar-refractivity contribution < 1.29 is 0 Å². The van der Waals surface area contributed by atoms with Crippen LogP contribution in [0, 0.1) is 0 Å². The van der Waals surface area contributed by atoms with Gasteiger partial charge in [0.25, 0.3) is 0 Å². The molecule has 0 bridgehead atoms. The van der Waals surface area contributed by atoms with Crippen LogP contribution in [0.15, 0.2) is 27.3 Å². The first-order valence-corrected chi connectivity index (χ1v) is 7.09. The molecule has 4 nitrogen and oxygen atoms in total. The van der Waals surface area contributed by atoms with Gasteiger partial charge in [0.1, 0.15) is 11.5 Å². The van der Waals surface area contributed by atoms with Gasteiger partial charge in [0.15, 0.2) is 5.82 Å². The highest BCUT2D eigenvalue weighted by molar-refractivity contribution is 9.11. The number of aryl methyl sites for hydroxylation is 1. The topological polar surface area (TPSA) is 50.7 Å². The number of pyridine rings is 1. The van der Waals surface area contributed by atoms with Crippen molar-refractivity contribution in [2.75, 3.05) is 12.4 Å². The van der Waals surface area contributed by atoms with Gasteiger partial charge >= 0.3 is 0 Å². The first-order valence-electron chi connectivity index (χ1n) is 5.51. The average molecular weight is 372 g/mol. The monoisotopic (exact) mass is 370 g/mol. The molecule has 2 aromatic rings. The summed E-state index contributed by atoms with van der Waals surface area (Å²) in [6, 6.07) is 3.87. The van der Waals surface area contributed by atoms with E-state index in [2.05, 4.69) is 59.1 Å². The van der Waals surface area contributed by atoms with E-state index in [0.717, 1.165) is 32.6 Å². The lowest BCUT2D eigenvalue weighted by molar-refractivity contribution is 0.997. The molecule has 0 unspecified atom stereocenters. The van der Waals surface area contributed by atoms with Crippen molar-refractivity contribution in [3.05, 3.63) is 33.0 Å². The Bertz CT molecular complexity index is 550. The Labute approximate surface area is 123 Å². The van der Waals surface area contributed by atoms with Crippen molar-refractivity contribution in [2.24, 2.45) is 0 Å². The van der Waals surface area contributed by atoms with Gasteiger partial charge < -0.3 is 5.32 Å². The third-order valence-electron chi connectivity index (χ3n) is 2.42. The fraction of sp³-hybridized carbons (Fsp3) is 0.250. The minimum absolute atomic E-state index is 0.623. The van der Waals surface area contributed by atoms with Gasteiger partial charge in [-0.15, -0.1) is 0 Å². The quantitative estimate of drug-likeness (QED) is 0.894. The SMILES string of the molecule is CCc1cc(NC)nc(-c2ncc(Br)cc2Br)n1. The van der Waals surface area contributed by atoms with Gasteiger partial charge in [-0.1, -0.05) is 6.92 Å². The summed E-state index contributed by atoms with van der Waals surface area (Å²) < 4.78 is 1.78.